The molecule has 0 unspecified atom stereocenters. The van der Waals surface area contributed by atoms with Crippen LogP contribution in [0.15, 0.2) is 41.8 Å². The second kappa shape index (κ2) is 5.71. The Hall–Kier alpha value is -1.91. The average molecular weight is 309 g/mol. The van der Waals surface area contributed by atoms with Gasteiger partial charge in [0, 0.05) is 30.8 Å². The second-order valence-corrected chi connectivity index (χ2v) is 6.74. The summed E-state index contributed by atoms with van der Waals surface area (Å²) in [5.74, 6) is 0. The maximum Gasteiger partial charge on any atom is 0.107 e. The first kappa shape index (κ1) is 13.7. The van der Waals surface area contributed by atoms with Crippen LogP contribution in [0.25, 0.3) is 10.6 Å². The topological polar surface area (TPSA) is 29.9 Å². The Bertz CT molecular complexity index is 786. The van der Waals surface area contributed by atoms with Gasteiger partial charge in [0.1, 0.15) is 5.69 Å². The number of benzene rings is 1. The summed E-state index contributed by atoms with van der Waals surface area (Å²) in [5.41, 5.74) is 6.55. The highest BCUT2D eigenvalue weighted by Crippen LogP contribution is 2.32. The van der Waals surface area contributed by atoms with Crippen LogP contribution in [-0.4, -0.2) is 16.3 Å². The molecule has 3 aromatic rings. The van der Waals surface area contributed by atoms with Crippen molar-refractivity contribution in [3.63, 3.8) is 0 Å². The minimum atomic E-state index is 0.855. The fraction of sp³-hybridized carbons (Fsp3) is 0.278. The molecular formula is C18H19N3S. The number of aromatic nitrogens is 2. The van der Waals surface area contributed by atoms with Crippen LogP contribution in [0.4, 0.5) is 0 Å². The number of nitrogens with one attached hydrogen (secondary N) is 1. The second-order valence-electron chi connectivity index (χ2n) is 5.83. The van der Waals surface area contributed by atoms with Gasteiger partial charge < -0.3 is 5.32 Å². The van der Waals surface area contributed by atoms with E-state index in [9.17, 15) is 0 Å². The fourth-order valence-corrected chi connectivity index (χ4v) is 3.97. The van der Waals surface area contributed by atoms with Gasteiger partial charge in [0.2, 0.25) is 0 Å². The molecule has 1 aromatic carbocycles. The molecule has 0 aliphatic carbocycles. The van der Waals surface area contributed by atoms with E-state index >= 15 is 0 Å². The molecule has 0 radical (unpaired) electrons. The van der Waals surface area contributed by atoms with Gasteiger partial charge in [-0.15, -0.1) is 11.3 Å². The molecule has 0 fully saturated rings. The SMILES string of the molecule is Cc1csc(-c2nn(Cc3ccccc3)c3c2CNCC3)c1. The summed E-state index contributed by atoms with van der Waals surface area (Å²) in [5, 5.41) is 10.6. The maximum atomic E-state index is 4.96. The maximum absolute atomic E-state index is 4.96. The van der Waals surface area contributed by atoms with Gasteiger partial charge in [-0.25, -0.2) is 0 Å². The summed E-state index contributed by atoms with van der Waals surface area (Å²) in [6.07, 6.45) is 1.06. The van der Waals surface area contributed by atoms with Crippen molar-refractivity contribution in [3.8, 4) is 10.6 Å². The monoisotopic (exact) mass is 309 g/mol. The van der Waals surface area contributed by atoms with E-state index in [0.29, 0.717) is 0 Å². The molecule has 1 N–H and O–H groups in total. The van der Waals surface area contributed by atoms with Gasteiger partial charge in [0.25, 0.3) is 0 Å². The van der Waals surface area contributed by atoms with Gasteiger partial charge >= 0.3 is 0 Å². The number of nitrogens with zero attached hydrogens (tertiary/aromatic N) is 2. The first-order valence-corrected chi connectivity index (χ1v) is 8.58. The molecule has 3 heterocycles. The van der Waals surface area contributed by atoms with E-state index in [2.05, 4.69) is 58.7 Å². The number of thiophene rings is 1. The lowest BCUT2D eigenvalue weighted by atomic mass is 10.1. The molecule has 4 rings (SSSR count). The van der Waals surface area contributed by atoms with Crippen molar-refractivity contribution in [2.45, 2.75) is 26.4 Å². The van der Waals surface area contributed by atoms with Crippen molar-refractivity contribution in [1.29, 1.82) is 0 Å². The highest BCUT2D eigenvalue weighted by molar-refractivity contribution is 7.13. The van der Waals surface area contributed by atoms with E-state index < -0.39 is 0 Å². The quantitative estimate of drug-likeness (QED) is 0.801. The number of hydrogen-bond acceptors (Lipinski definition) is 3. The Balaban J connectivity index is 1.77. The fourth-order valence-electron chi connectivity index (χ4n) is 3.06. The van der Waals surface area contributed by atoms with Gasteiger partial charge in [0.15, 0.2) is 0 Å². The number of fused-ring (bicyclic) bond motifs is 1. The molecule has 4 heteroatoms. The summed E-state index contributed by atoms with van der Waals surface area (Å²) in [6, 6.07) is 12.8. The van der Waals surface area contributed by atoms with Crippen molar-refractivity contribution in [2.75, 3.05) is 6.54 Å². The number of rotatable bonds is 3. The highest BCUT2D eigenvalue weighted by atomic mass is 32.1. The molecule has 112 valence electrons. The molecule has 0 saturated heterocycles. The average Bonchev–Trinajstić information content (AvgIpc) is 3.13. The smallest absolute Gasteiger partial charge is 0.107 e. The van der Waals surface area contributed by atoms with Gasteiger partial charge in [-0.05, 0) is 29.5 Å². The molecular weight excluding hydrogens is 290 g/mol. The van der Waals surface area contributed by atoms with Crippen LogP contribution in [-0.2, 0) is 19.5 Å². The third-order valence-corrected chi connectivity index (χ3v) is 5.20. The van der Waals surface area contributed by atoms with E-state index in [1.54, 1.807) is 11.3 Å². The first-order chi connectivity index (χ1) is 10.8. The normalized spacial score (nSPS) is 14.0. The molecule has 0 spiro atoms. The Morgan fingerprint density at radius 3 is 2.91 bits per heavy atom. The van der Waals surface area contributed by atoms with E-state index in [1.165, 1.54) is 27.3 Å². The van der Waals surface area contributed by atoms with Crippen molar-refractivity contribution in [3.05, 3.63) is 64.2 Å². The molecule has 0 saturated carbocycles. The van der Waals surface area contributed by atoms with E-state index in [0.717, 1.165) is 31.7 Å². The van der Waals surface area contributed by atoms with Gasteiger partial charge in [-0.3, -0.25) is 4.68 Å². The third-order valence-electron chi connectivity index (χ3n) is 4.15. The van der Waals surface area contributed by atoms with E-state index in [-0.39, 0.29) is 0 Å². The summed E-state index contributed by atoms with van der Waals surface area (Å²) in [7, 11) is 0. The zero-order chi connectivity index (χ0) is 14.9. The van der Waals surface area contributed by atoms with Crippen LogP contribution >= 0.6 is 11.3 Å². The summed E-state index contributed by atoms with van der Waals surface area (Å²) >= 11 is 1.79. The highest BCUT2D eigenvalue weighted by Gasteiger charge is 2.22. The molecule has 22 heavy (non-hydrogen) atoms. The molecule has 1 aliphatic rings. The number of aryl methyl sites for hydroxylation is 1. The van der Waals surface area contributed by atoms with Gasteiger partial charge in [-0.2, -0.15) is 5.10 Å². The van der Waals surface area contributed by atoms with Crippen LogP contribution in [0.3, 0.4) is 0 Å². The summed E-state index contributed by atoms with van der Waals surface area (Å²) < 4.78 is 2.20. The standard InChI is InChI=1S/C18H19N3S/c1-13-9-17(22-12-13)18-15-10-19-8-7-16(15)21(20-18)11-14-5-3-2-4-6-14/h2-6,9,12,19H,7-8,10-11H2,1H3. The molecule has 0 amide bonds. The summed E-state index contributed by atoms with van der Waals surface area (Å²) in [4.78, 5) is 1.28. The lowest BCUT2D eigenvalue weighted by molar-refractivity contribution is 0.582. The van der Waals surface area contributed by atoms with Crippen molar-refractivity contribution < 1.29 is 0 Å². The van der Waals surface area contributed by atoms with Crippen LogP contribution in [0.5, 0.6) is 0 Å². The minimum Gasteiger partial charge on any atom is -0.312 e. The first-order valence-electron chi connectivity index (χ1n) is 7.70. The van der Waals surface area contributed by atoms with Crippen molar-refractivity contribution >= 4 is 11.3 Å². The van der Waals surface area contributed by atoms with Crippen LogP contribution in [0.1, 0.15) is 22.4 Å². The van der Waals surface area contributed by atoms with E-state index in [4.69, 9.17) is 5.10 Å². The van der Waals surface area contributed by atoms with Crippen molar-refractivity contribution in [2.24, 2.45) is 0 Å². The predicted octanol–water partition coefficient (Wildman–Crippen LogP) is 3.61. The van der Waals surface area contributed by atoms with Crippen molar-refractivity contribution in [1.82, 2.24) is 15.1 Å². The summed E-state index contributed by atoms with van der Waals surface area (Å²) in [6.45, 7) is 4.96. The van der Waals surface area contributed by atoms with Gasteiger partial charge in [-0.1, -0.05) is 30.3 Å². The molecule has 0 bridgehead atoms. The Kier molecular flexibility index (Phi) is 3.56. The Labute approximate surface area is 134 Å². The lowest BCUT2D eigenvalue weighted by Gasteiger charge is -2.15. The van der Waals surface area contributed by atoms with Crippen LogP contribution in [0.2, 0.25) is 0 Å². The molecule has 3 nitrogen and oxygen atoms in total. The Morgan fingerprint density at radius 2 is 2.14 bits per heavy atom. The largest absolute Gasteiger partial charge is 0.312 e. The molecule has 2 aromatic heterocycles. The lowest BCUT2D eigenvalue weighted by Crippen LogP contribution is -2.25. The molecule has 0 atom stereocenters. The van der Waals surface area contributed by atoms with Crippen LogP contribution < -0.4 is 5.32 Å². The third kappa shape index (κ3) is 2.49. The Morgan fingerprint density at radius 1 is 1.27 bits per heavy atom. The molecule has 1 aliphatic heterocycles. The minimum absolute atomic E-state index is 0.855. The predicted molar refractivity (Wildman–Crippen MR) is 91.2 cm³/mol. The van der Waals surface area contributed by atoms with E-state index in [1.807, 2.05) is 0 Å². The van der Waals surface area contributed by atoms with Crippen LogP contribution in [0, 0.1) is 6.92 Å². The zero-order valence-corrected chi connectivity index (χ0v) is 13.5. The number of hydrogen-bond donors (Lipinski definition) is 1. The van der Waals surface area contributed by atoms with Gasteiger partial charge in [0.05, 0.1) is 11.4 Å². The zero-order valence-electron chi connectivity index (χ0n) is 12.7.